The number of carboxylic acids is 1. The summed E-state index contributed by atoms with van der Waals surface area (Å²) in [5, 5.41) is 9.26. The van der Waals surface area contributed by atoms with Gasteiger partial charge in [0.05, 0.1) is 28.2 Å². The fourth-order valence-corrected chi connectivity index (χ4v) is 10.9. The first-order valence-corrected chi connectivity index (χ1v) is 28.4. The molecule has 0 aliphatic carbocycles. The number of nitrogens with zero attached hydrogens (tertiary/aromatic N) is 2. The molecule has 0 amide bonds. The molecule has 0 bridgehead atoms. The Morgan fingerprint density at radius 3 is 1.67 bits per heavy atom. The van der Waals surface area contributed by atoms with Crippen LogP contribution in [0.2, 0.25) is 0 Å². The molecule has 0 unspecified atom stereocenters. The number of Topliss-reactive ketones (excluding diaryl/α,β-unsaturated/α-hetero) is 4. The number of carboxylic acid groups (broad SMARTS) is 1. The van der Waals surface area contributed by atoms with Gasteiger partial charge in [0.25, 0.3) is 30.4 Å². The Morgan fingerprint density at radius 1 is 0.586 bits per heavy atom. The Bertz CT molecular complexity index is 2840. The number of aliphatic carboxylic acids is 1. The van der Waals surface area contributed by atoms with Crippen LogP contribution in [0.5, 0.6) is 0 Å². The van der Waals surface area contributed by atoms with Crippen molar-refractivity contribution in [2.75, 3.05) is 35.2 Å². The van der Waals surface area contributed by atoms with E-state index in [4.69, 9.17) is 0 Å². The van der Waals surface area contributed by atoms with E-state index in [-0.39, 0.29) is 80.6 Å². The highest BCUT2D eigenvalue weighted by Crippen LogP contribution is 2.50. The van der Waals surface area contributed by atoms with Crippen molar-refractivity contribution in [2.45, 2.75) is 136 Å². The molecule has 2 aliphatic heterocycles. The summed E-state index contributed by atoms with van der Waals surface area (Å²) in [6, 6.07) is 6.42. The summed E-state index contributed by atoms with van der Waals surface area (Å²) in [7, 11) is -13.1. The Kier molecular flexibility index (Phi) is 19.7. The number of ketones is 4. The van der Waals surface area contributed by atoms with Gasteiger partial charge in [-0.3, -0.25) is 37.6 Å². The number of rotatable bonds is 29. The first kappa shape index (κ1) is 57.6. The Balaban J connectivity index is 1.87. The Labute approximate surface area is 412 Å². The first-order valence-electron chi connectivity index (χ1n) is 23.6. The minimum atomic E-state index is -4.39. The molecule has 0 atom stereocenters. The average Bonchev–Trinajstić information content (AvgIpc) is 3.59. The molecule has 0 spiro atoms. The fourth-order valence-electron chi connectivity index (χ4n) is 9.35. The van der Waals surface area contributed by atoms with Gasteiger partial charge in [-0.15, -0.1) is 0 Å². The van der Waals surface area contributed by atoms with Crippen LogP contribution in [0, 0.1) is 0 Å². The third-order valence-corrected chi connectivity index (χ3v) is 14.9. The molecular formula is C50H67N2O15S3+. The van der Waals surface area contributed by atoms with E-state index in [9.17, 15) is 68.0 Å². The highest BCUT2D eigenvalue weighted by molar-refractivity contribution is 7.86. The third kappa shape index (κ3) is 15.3. The van der Waals surface area contributed by atoms with Gasteiger partial charge in [0.15, 0.2) is 28.8 Å². The van der Waals surface area contributed by atoms with Crippen molar-refractivity contribution in [3.63, 3.8) is 0 Å². The standard InChI is InChI=1S/C50H66N2O15S3/c1-7-18-40(53)34-30-36(42(55)19-8-2)47-39(32-34)52(26-17-29-70(65,66)67)45(50(47,5)6)23-12-9-11-22-44-49(3,4)48-37(43(56)21-16-28-69(62,63)64)31-35(41(54)20-15-27-68(59,60)61)33-38(48)51(44)25-14-10-13-24-46(57)58/h9,11-12,22-23,30-33H,7-8,10,13-21,24-29H2,1-6H3,(H3-,57,58,59,60,61,62,63,64,65,66,67)/p+1. The zero-order valence-corrected chi connectivity index (χ0v) is 43.3. The second-order valence-corrected chi connectivity index (χ2v) is 23.6. The van der Waals surface area contributed by atoms with E-state index < -0.39 is 76.0 Å². The summed E-state index contributed by atoms with van der Waals surface area (Å²) in [5.41, 5.74) is 2.93. The molecule has 0 saturated carbocycles. The van der Waals surface area contributed by atoms with Crippen LogP contribution >= 0.6 is 0 Å². The molecule has 2 aromatic carbocycles. The van der Waals surface area contributed by atoms with Crippen molar-refractivity contribution in [3.05, 3.63) is 93.7 Å². The van der Waals surface area contributed by atoms with Crippen LogP contribution in [-0.4, -0.2) is 114 Å². The van der Waals surface area contributed by atoms with Gasteiger partial charge in [-0.25, -0.2) is 0 Å². The predicted molar refractivity (Wildman–Crippen MR) is 268 cm³/mol. The van der Waals surface area contributed by atoms with Crippen molar-refractivity contribution in [1.82, 2.24) is 0 Å². The number of benzene rings is 2. The maximum Gasteiger partial charge on any atom is 0.303 e. The SMILES string of the molecule is CCCC(=O)c1cc(C(=O)CCC)c2c(c1)N(CCCS(=O)(=O)O)C(=CC=CC=CC1=[N+](CCCCCC(=O)O)c3cc(C(=O)CCCS(=O)(=O)O)cc(C(=O)CCCS(=O)(=O)O)c3C1(C)C)C2(C)C. The smallest absolute Gasteiger partial charge is 0.303 e. The monoisotopic (exact) mass is 1030 g/mol. The van der Waals surface area contributed by atoms with Crippen molar-refractivity contribution in [3.8, 4) is 0 Å². The lowest BCUT2D eigenvalue weighted by molar-refractivity contribution is -0.438. The molecule has 0 radical (unpaired) electrons. The minimum absolute atomic E-state index is 0.0314. The summed E-state index contributed by atoms with van der Waals surface area (Å²) in [5.74, 6) is -4.07. The second-order valence-electron chi connectivity index (χ2n) is 18.9. The molecule has 2 aromatic rings. The van der Waals surface area contributed by atoms with E-state index >= 15 is 0 Å². The highest BCUT2D eigenvalue weighted by atomic mass is 32.2. The van der Waals surface area contributed by atoms with Crippen LogP contribution in [0.25, 0.3) is 0 Å². The summed E-state index contributed by atoms with van der Waals surface area (Å²) in [6.07, 6.45) is 11.1. The summed E-state index contributed by atoms with van der Waals surface area (Å²) < 4.78 is 99.9. The summed E-state index contributed by atoms with van der Waals surface area (Å²) in [6.45, 7) is 11.9. The van der Waals surface area contributed by atoms with Crippen molar-refractivity contribution >= 4 is 76.5 Å². The number of anilines is 1. The van der Waals surface area contributed by atoms with E-state index in [1.54, 1.807) is 36.4 Å². The number of carbonyl (C=O) groups is 5. The maximum atomic E-state index is 14.0. The molecule has 0 fully saturated rings. The van der Waals surface area contributed by atoms with Gasteiger partial charge >= 0.3 is 5.97 Å². The Hall–Kier alpha value is -4.99. The first-order chi connectivity index (χ1) is 32.5. The number of hydrogen-bond acceptors (Lipinski definition) is 12. The van der Waals surface area contributed by atoms with E-state index in [0.717, 1.165) is 0 Å². The quantitative estimate of drug-likeness (QED) is 0.0196. The normalized spacial score (nSPS) is 16.1. The maximum absolute atomic E-state index is 14.0. The van der Waals surface area contributed by atoms with Crippen LogP contribution < -0.4 is 4.90 Å². The third-order valence-electron chi connectivity index (χ3n) is 12.5. The molecule has 70 heavy (non-hydrogen) atoms. The van der Waals surface area contributed by atoms with Gasteiger partial charge in [-0.1, -0.05) is 45.9 Å². The van der Waals surface area contributed by atoms with Gasteiger partial charge in [-0.05, 0) is 88.6 Å². The zero-order chi connectivity index (χ0) is 52.4. The molecule has 4 rings (SSSR count). The number of unbranched alkanes of at least 4 members (excludes halogenated alkanes) is 2. The van der Waals surface area contributed by atoms with Crippen LogP contribution in [0.1, 0.15) is 178 Å². The van der Waals surface area contributed by atoms with Crippen LogP contribution in [0.4, 0.5) is 11.4 Å². The lowest BCUT2D eigenvalue weighted by atomic mass is 9.77. The van der Waals surface area contributed by atoms with Crippen LogP contribution in [0.3, 0.4) is 0 Å². The summed E-state index contributed by atoms with van der Waals surface area (Å²) in [4.78, 5) is 67.9. The van der Waals surface area contributed by atoms with Crippen molar-refractivity contribution in [1.29, 1.82) is 0 Å². The van der Waals surface area contributed by atoms with Crippen LogP contribution in [0.15, 0.2) is 60.3 Å². The predicted octanol–water partition coefficient (Wildman–Crippen LogP) is 8.45. The van der Waals surface area contributed by atoms with E-state index in [1.807, 2.05) is 63.2 Å². The summed E-state index contributed by atoms with van der Waals surface area (Å²) >= 11 is 0. The largest absolute Gasteiger partial charge is 0.481 e. The molecule has 2 aliphatic rings. The topological polar surface area (TPSA) is 275 Å². The van der Waals surface area contributed by atoms with Crippen molar-refractivity contribution in [2.24, 2.45) is 0 Å². The van der Waals surface area contributed by atoms with Gasteiger partial charge < -0.3 is 10.0 Å². The van der Waals surface area contributed by atoms with Crippen molar-refractivity contribution < 1.29 is 72.6 Å². The number of carbonyl (C=O) groups excluding carboxylic acids is 4. The van der Waals surface area contributed by atoms with E-state index in [1.165, 1.54) is 6.07 Å². The number of fused-ring (bicyclic) bond motifs is 2. The number of hydrogen-bond donors (Lipinski definition) is 4. The number of allylic oxidation sites excluding steroid dienone is 6. The fraction of sp³-hybridized carbons (Fsp3) is 0.520. The minimum Gasteiger partial charge on any atom is -0.481 e. The highest BCUT2D eigenvalue weighted by Gasteiger charge is 2.48. The van der Waals surface area contributed by atoms with Gasteiger partial charge in [0, 0.05) is 96.3 Å². The molecular weight excluding hydrogens is 965 g/mol. The van der Waals surface area contributed by atoms with Gasteiger partial charge in [0.2, 0.25) is 5.69 Å². The molecule has 0 saturated heterocycles. The molecule has 384 valence electrons. The second kappa shape index (κ2) is 24.0. The van der Waals surface area contributed by atoms with Gasteiger partial charge in [0.1, 0.15) is 6.54 Å². The lowest BCUT2D eigenvalue weighted by Crippen LogP contribution is -2.29. The lowest BCUT2D eigenvalue weighted by Gasteiger charge is -2.27. The molecule has 4 N–H and O–H groups in total. The van der Waals surface area contributed by atoms with Gasteiger partial charge in [-0.2, -0.15) is 29.8 Å². The average molecular weight is 1030 g/mol. The molecule has 0 aromatic heterocycles. The Morgan fingerprint density at radius 2 is 1.10 bits per heavy atom. The molecule has 17 nitrogen and oxygen atoms in total. The molecule has 20 heteroatoms. The van der Waals surface area contributed by atoms with Crippen LogP contribution in [-0.2, 0) is 46.0 Å². The van der Waals surface area contributed by atoms with E-state index in [2.05, 4.69) is 0 Å². The molecule has 2 heterocycles. The van der Waals surface area contributed by atoms with E-state index in [0.29, 0.717) is 83.7 Å². The zero-order valence-electron chi connectivity index (χ0n) is 40.8.